The fourth-order valence-corrected chi connectivity index (χ4v) is 1.81. The number of aryl methyl sites for hydroxylation is 1. The molecule has 0 saturated carbocycles. The summed E-state index contributed by atoms with van der Waals surface area (Å²) in [6, 6.07) is 5.80. The SMILES string of the molecule is CC/C=C(/C)C(=O)Nc1ccc(C)cc1OCCN(C)C. The van der Waals surface area contributed by atoms with Gasteiger partial charge < -0.3 is 15.0 Å². The molecule has 116 valence electrons. The molecule has 0 atom stereocenters. The van der Waals surface area contributed by atoms with Crippen LogP contribution in [0.2, 0.25) is 0 Å². The summed E-state index contributed by atoms with van der Waals surface area (Å²) in [6.07, 6.45) is 2.76. The second-order valence-electron chi connectivity index (χ2n) is 5.40. The number of nitrogens with one attached hydrogen (secondary N) is 1. The highest BCUT2D eigenvalue weighted by atomic mass is 16.5. The number of amides is 1. The van der Waals surface area contributed by atoms with Crippen LogP contribution in [0, 0.1) is 6.92 Å². The number of carbonyl (C=O) groups is 1. The first-order valence-electron chi connectivity index (χ1n) is 7.30. The van der Waals surface area contributed by atoms with Crippen LogP contribution in [0.1, 0.15) is 25.8 Å². The summed E-state index contributed by atoms with van der Waals surface area (Å²) in [5.41, 5.74) is 2.54. The second kappa shape index (κ2) is 8.47. The molecule has 4 nitrogen and oxygen atoms in total. The van der Waals surface area contributed by atoms with E-state index in [9.17, 15) is 4.79 Å². The maximum Gasteiger partial charge on any atom is 0.251 e. The zero-order valence-corrected chi connectivity index (χ0v) is 13.7. The van der Waals surface area contributed by atoms with Crippen molar-refractivity contribution in [1.82, 2.24) is 4.90 Å². The predicted molar refractivity (Wildman–Crippen MR) is 87.9 cm³/mol. The summed E-state index contributed by atoms with van der Waals surface area (Å²) >= 11 is 0. The molecule has 0 radical (unpaired) electrons. The summed E-state index contributed by atoms with van der Waals surface area (Å²) in [5, 5.41) is 2.91. The Balaban J connectivity index is 2.81. The van der Waals surface area contributed by atoms with Gasteiger partial charge in [-0.05, 0) is 52.1 Å². The van der Waals surface area contributed by atoms with E-state index in [1.807, 2.05) is 59.1 Å². The average Bonchev–Trinajstić information content (AvgIpc) is 2.41. The first kappa shape index (κ1) is 17.2. The Morgan fingerprint density at radius 2 is 2.10 bits per heavy atom. The van der Waals surface area contributed by atoms with Gasteiger partial charge in [-0.25, -0.2) is 0 Å². The molecule has 1 rings (SSSR count). The van der Waals surface area contributed by atoms with E-state index < -0.39 is 0 Å². The molecule has 0 aliphatic carbocycles. The molecule has 0 aromatic heterocycles. The van der Waals surface area contributed by atoms with Crippen LogP contribution >= 0.6 is 0 Å². The first-order chi connectivity index (χ1) is 9.93. The number of rotatable bonds is 7. The molecule has 0 saturated heterocycles. The van der Waals surface area contributed by atoms with Crippen LogP contribution in [-0.4, -0.2) is 38.1 Å². The van der Waals surface area contributed by atoms with Gasteiger partial charge in [-0.3, -0.25) is 4.79 Å². The number of hydrogen-bond donors (Lipinski definition) is 1. The number of benzene rings is 1. The third-order valence-corrected chi connectivity index (χ3v) is 3.05. The minimum atomic E-state index is -0.0850. The van der Waals surface area contributed by atoms with Gasteiger partial charge in [0.2, 0.25) is 0 Å². The smallest absolute Gasteiger partial charge is 0.251 e. The van der Waals surface area contributed by atoms with Crippen LogP contribution in [0.15, 0.2) is 29.8 Å². The Hall–Kier alpha value is -1.81. The predicted octanol–water partition coefficient (Wildman–Crippen LogP) is 3.23. The van der Waals surface area contributed by atoms with Gasteiger partial charge in [0, 0.05) is 12.1 Å². The van der Waals surface area contributed by atoms with Crippen molar-refractivity contribution in [3.05, 3.63) is 35.4 Å². The minimum Gasteiger partial charge on any atom is -0.490 e. The highest BCUT2D eigenvalue weighted by molar-refractivity contribution is 6.04. The summed E-state index contributed by atoms with van der Waals surface area (Å²) in [5.74, 6) is 0.632. The number of hydrogen-bond acceptors (Lipinski definition) is 3. The number of allylic oxidation sites excluding steroid dienone is 1. The van der Waals surface area contributed by atoms with E-state index in [-0.39, 0.29) is 5.91 Å². The van der Waals surface area contributed by atoms with Crippen molar-refractivity contribution in [2.45, 2.75) is 27.2 Å². The van der Waals surface area contributed by atoms with Crippen LogP contribution in [-0.2, 0) is 4.79 Å². The third kappa shape index (κ3) is 6.00. The number of anilines is 1. The van der Waals surface area contributed by atoms with Gasteiger partial charge in [0.05, 0.1) is 5.69 Å². The maximum absolute atomic E-state index is 12.1. The number of ether oxygens (including phenoxy) is 1. The van der Waals surface area contributed by atoms with Gasteiger partial charge in [-0.1, -0.05) is 19.1 Å². The lowest BCUT2D eigenvalue weighted by Crippen LogP contribution is -2.20. The Labute approximate surface area is 127 Å². The van der Waals surface area contributed by atoms with Crippen molar-refractivity contribution in [2.75, 3.05) is 32.6 Å². The lowest BCUT2D eigenvalue weighted by molar-refractivity contribution is -0.112. The Bertz CT molecular complexity index is 508. The normalized spacial score (nSPS) is 11.6. The maximum atomic E-state index is 12.1. The lowest BCUT2D eigenvalue weighted by atomic mass is 10.2. The lowest BCUT2D eigenvalue weighted by Gasteiger charge is -2.15. The van der Waals surface area contributed by atoms with Crippen molar-refractivity contribution < 1.29 is 9.53 Å². The molecule has 0 unspecified atom stereocenters. The number of likely N-dealkylation sites (N-methyl/N-ethyl adjacent to an activating group) is 1. The van der Waals surface area contributed by atoms with E-state index in [0.29, 0.717) is 12.3 Å². The average molecular weight is 290 g/mol. The van der Waals surface area contributed by atoms with Gasteiger partial charge in [-0.2, -0.15) is 0 Å². The molecule has 4 heteroatoms. The minimum absolute atomic E-state index is 0.0850. The molecule has 1 aromatic carbocycles. The van der Waals surface area contributed by atoms with Crippen LogP contribution in [0.5, 0.6) is 5.75 Å². The van der Waals surface area contributed by atoms with E-state index in [0.717, 1.165) is 29.9 Å². The standard InChI is InChI=1S/C17H26N2O2/c1-6-7-14(3)17(20)18-15-9-8-13(2)12-16(15)21-11-10-19(4)5/h7-9,12H,6,10-11H2,1-5H3,(H,18,20)/b14-7-. The van der Waals surface area contributed by atoms with E-state index in [1.54, 1.807) is 0 Å². The zero-order chi connectivity index (χ0) is 15.8. The monoisotopic (exact) mass is 290 g/mol. The molecular formula is C17H26N2O2. The largest absolute Gasteiger partial charge is 0.490 e. The summed E-state index contributed by atoms with van der Waals surface area (Å²) < 4.78 is 5.79. The highest BCUT2D eigenvalue weighted by Gasteiger charge is 2.09. The van der Waals surface area contributed by atoms with Gasteiger partial charge in [0.1, 0.15) is 12.4 Å². The molecule has 0 fully saturated rings. The number of nitrogens with zero attached hydrogens (tertiary/aromatic N) is 1. The van der Waals surface area contributed by atoms with E-state index >= 15 is 0 Å². The number of carbonyl (C=O) groups excluding carboxylic acids is 1. The van der Waals surface area contributed by atoms with Gasteiger partial charge in [-0.15, -0.1) is 0 Å². The topological polar surface area (TPSA) is 41.6 Å². The van der Waals surface area contributed by atoms with E-state index in [1.165, 1.54) is 0 Å². The van der Waals surface area contributed by atoms with Crippen LogP contribution in [0.3, 0.4) is 0 Å². The van der Waals surface area contributed by atoms with Crippen molar-refractivity contribution in [3.8, 4) is 5.75 Å². The fourth-order valence-electron chi connectivity index (χ4n) is 1.81. The summed E-state index contributed by atoms with van der Waals surface area (Å²) in [4.78, 5) is 14.1. The van der Waals surface area contributed by atoms with Crippen molar-refractivity contribution in [2.24, 2.45) is 0 Å². The van der Waals surface area contributed by atoms with E-state index in [2.05, 4.69) is 10.2 Å². The van der Waals surface area contributed by atoms with Crippen molar-refractivity contribution >= 4 is 11.6 Å². The van der Waals surface area contributed by atoms with Crippen molar-refractivity contribution in [1.29, 1.82) is 0 Å². The van der Waals surface area contributed by atoms with Gasteiger partial charge in [0.15, 0.2) is 0 Å². The molecule has 21 heavy (non-hydrogen) atoms. The molecule has 0 aliphatic rings. The van der Waals surface area contributed by atoms with Crippen molar-refractivity contribution in [3.63, 3.8) is 0 Å². The van der Waals surface area contributed by atoms with Crippen LogP contribution < -0.4 is 10.1 Å². The summed E-state index contributed by atoms with van der Waals surface area (Å²) in [7, 11) is 4.00. The van der Waals surface area contributed by atoms with Gasteiger partial charge in [0.25, 0.3) is 5.91 Å². The molecule has 0 bridgehead atoms. The molecule has 0 aliphatic heterocycles. The fraction of sp³-hybridized carbons (Fsp3) is 0.471. The molecule has 0 spiro atoms. The first-order valence-corrected chi connectivity index (χ1v) is 7.30. The van der Waals surface area contributed by atoms with E-state index in [4.69, 9.17) is 4.74 Å². The Kier molecular flexibility index (Phi) is 6.96. The van der Waals surface area contributed by atoms with Crippen LogP contribution in [0.4, 0.5) is 5.69 Å². The van der Waals surface area contributed by atoms with Crippen LogP contribution in [0.25, 0.3) is 0 Å². The Morgan fingerprint density at radius 1 is 1.38 bits per heavy atom. The molecule has 1 N–H and O–H groups in total. The third-order valence-electron chi connectivity index (χ3n) is 3.05. The summed E-state index contributed by atoms with van der Waals surface area (Å²) in [6.45, 7) is 7.25. The molecule has 1 aromatic rings. The molecule has 0 heterocycles. The Morgan fingerprint density at radius 3 is 2.71 bits per heavy atom. The second-order valence-corrected chi connectivity index (χ2v) is 5.40. The quantitative estimate of drug-likeness (QED) is 0.784. The molecular weight excluding hydrogens is 264 g/mol. The highest BCUT2D eigenvalue weighted by Crippen LogP contribution is 2.26. The molecule has 1 amide bonds. The van der Waals surface area contributed by atoms with Gasteiger partial charge >= 0.3 is 0 Å². The zero-order valence-electron chi connectivity index (χ0n) is 13.7.